The van der Waals surface area contributed by atoms with E-state index in [9.17, 15) is 18.0 Å². The van der Waals surface area contributed by atoms with E-state index in [2.05, 4.69) is 10.6 Å². The van der Waals surface area contributed by atoms with Gasteiger partial charge < -0.3 is 10.2 Å². The smallest absolute Gasteiger partial charge is 0.322 e. The molecule has 2 N–H and O–H groups in total. The largest absolute Gasteiger partial charge is 0.326 e. The number of rotatable bonds is 7. The predicted octanol–water partition coefficient (Wildman–Crippen LogP) is 3.97. The molecule has 0 radical (unpaired) electrons. The number of carbonyl (C=O) groups excluding carboxylic acids is 2. The van der Waals surface area contributed by atoms with E-state index in [1.807, 2.05) is 31.2 Å². The lowest BCUT2D eigenvalue weighted by Crippen LogP contribution is -2.43. The van der Waals surface area contributed by atoms with Crippen molar-refractivity contribution in [3.63, 3.8) is 0 Å². The van der Waals surface area contributed by atoms with Crippen molar-refractivity contribution in [1.82, 2.24) is 9.21 Å². The SMILES string of the molecule is CCN(CC)S(=O)(=O)c1ccc(NC(=O)N2CCC(C(=O)Nc3ccccc3C)CC2)s1. The maximum atomic E-state index is 12.6. The number of nitrogens with zero attached hydrogens (tertiary/aromatic N) is 2. The summed E-state index contributed by atoms with van der Waals surface area (Å²) in [6, 6.07) is 10.5. The van der Waals surface area contributed by atoms with Crippen LogP contribution in [-0.4, -0.2) is 55.7 Å². The molecule has 2 heterocycles. The predicted molar refractivity (Wildman–Crippen MR) is 128 cm³/mol. The van der Waals surface area contributed by atoms with Gasteiger partial charge in [-0.05, 0) is 43.5 Å². The summed E-state index contributed by atoms with van der Waals surface area (Å²) in [4.78, 5) is 26.9. The van der Waals surface area contributed by atoms with Gasteiger partial charge in [0.15, 0.2) is 0 Å². The first-order valence-corrected chi connectivity index (χ1v) is 13.0. The standard InChI is InChI=1S/C22H30N4O4S2/c1-4-26(5-2)32(29,30)20-11-10-19(31-20)24-22(28)25-14-12-17(13-15-25)21(27)23-18-9-7-6-8-16(18)3/h6-11,17H,4-5,12-15H2,1-3H3,(H,23,27)(H,24,28). The third-order valence-electron chi connectivity index (χ3n) is 5.67. The number of urea groups is 1. The molecule has 10 heteroatoms. The quantitative estimate of drug-likeness (QED) is 0.629. The normalized spacial score (nSPS) is 15.1. The zero-order valence-corrected chi connectivity index (χ0v) is 20.3. The van der Waals surface area contributed by atoms with Gasteiger partial charge in [0.1, 0.15) is 4.21 Å². The summed E-state index contributed by atoms with van der Waals surface area (Å²) < 4.78 is 26.8. The highest BCUT2D eigenvalue weighted by Crippen LogP contribution is 2.29. The monoisotopic (exact) mass is 478 g/mol. The molecule has 0 bridgehead atoms. The number of carbonyl (C=O) groups is 2. The van der Waals surface area contributed by atoms with E-state index in [-0.39, 0.29) is 22.1 Å². The number of sulfonamides is 1. The maximum Gasteiger partial charge on any atom is 0.322 e. The Bertz CT molecular complexity index is 1060. The third kappa shape index (κ3) is 5.48. The van der Waals surface area contributed by atoms with E-state index in [1.165, 1.54) is 10.4 Å². The van der Waals surface area contributed by atoms with E-state index < -0.39 is 10.0 Å². The Morgan fingerprint density at radius 2 is 1.72 bits per heavy atom. The number of hydrogen-bond donors (Lipinski definition) is 2. The number of amides is 3. The molecule has 32 heavy (non-hydrogen) atoms. The molecule has 1 aromatic carbocycles. The molecule has 1 aromatic heterocycles. The van der Waals surface area contributed by atoms with Crippen LogP contribution < -0.4 is 10.6 Å². The van der Waals surface area contributed by atoms with Crippen molar-refractivity contribution in [3.8, 4) is 0 Å². The Hall–Kier alpha value is -2.43. The summed E-state index contributed by atoms with van der Waals surface area (Å²) in [6.07, 6.45) is 1.16. The van der Waals surface area contributed by atoms with Gasteiger partial charge in [0.25, 0.3) is 10.0 Å². The molecule has 3 rings (SSSR count). The fourth-order valence-corrected chi connectivity index (χ4v) is 6.50. The summed E-state index contributed by atoms with van der Waals surface area (Å²) in [5, 5.41) is 6.26. The van der Waals surface area contributed by atoms with Crippen LogP contribution in [0.4, 0.5) is 15.5 Å². The lowest BCUT2D eigenvalue weighted by Gasteiger charge is -2.31. The number of benzene rings is 1. The average Bonchev–Trinajstić information content (AvgIpc) is 3.25. The fraction of sp³-hybridized carbons (Fsp3) is 0.455. The van der Waals surface area contributed by atoms with Crippen molar-refractivity contribution in [3.05, 3.63) is 42.0 Å². The molecule has 1 aliphatic rings. The van der Waals surface area contributed by atoms with Crippen LogP contribution in [0.2, 0.25) is 0 Å². The van der Waals surface area contributed by atoms with Crippen LogP contribution in [0.25, 0.3) is 0 Å². The molecule has 0 unspecified atom stereocenters. The van der Waals surface area contributed by atoms with E-state index in [1.54, 1.807) is 24.8 Å². The van der Waals surface area contributed by atoms with Crippen LogP contribution in [0.5, 0.6) is 0 Å². The minimum atomic E-state index is -3.54. The van der Waals surface area contributed by atoms with E-state index in [0.717, 1.165) is 22.6 Å². The minimum absolute atomic E-state index is 0.0242. The van der Waals surface area contributed by atoms with Crippen LogP contribution in [0.3, 0.4) is 0 Å². The number of anilines is 2. The Morgan fingerprint density at radius 1 is 1.06 bits per heavy atom. The van der Waals surface area contributed by atoms with Gasteiger partial charge in [-0.25, -0.2) is 13.2 Å². The number of likely N-dealkylation sites (tertiary alicyclic amines) is 1. The molecule has 0 aliphatic carbocycles. The van der Waals surface area contributed by atoms with Crippen LogP contribution in [0.15, 0.2) is 40.6 Å². The first-order chi connectivity index (χ1) is 15.3. The summed E-state index contributed by atoms with van der Waals surface area (Å²) in [7, 11) is -3.54. The van der Waals surface area contributed by atoms with Crippen molar-refractivity contribution in [2.24, 2.45) is 5.92 Å². The van der Waals surface area contributed by atoms with Crippen LogP contribution in [-0.2, 0) is 14.8 Å². The van der Waals surface area contributed by atoms with E-state index >= 15 is 0 Å². The third-order valence-corrected chi connectivity index (χ3v) is 9.18. The second-order valence-electron chi connectivity index (χ2n) is 7.70. The van der Waals surface area contributed by atoms with Gasteiger partial charge in [0.2, 0.25) is 5.91 Å². The first-order valence-electron chi connectivity index (χ1n) is 10.8. The Balaban J connectivity index is 1.53. The molecule has 0 atom stereocenters. The topological polar surface area (TPSA) is 98.8 Å². The number of piperidine rings is 1. The summed E-state index contributed by atoms with van der Waals surface area (Å²) in [6.45, 7) is 7.26. The van der Waals surface area contributed by atoms with Crippen molar-refractivity contribution in [2.45, 2.75) is 37.8 Å². The van der Waals surface area contributed by atoms with Crippen LogP contribution in [0.1, 0.15) is 32.3 Å². The molecule has 8 nitrogen and oxygen atoms in total. The average molecular weight is 479 g/mol. The maximum absolute atomic E-state index is 12.6. The van der Waals surface area contributed by atoms with Crippen molar-refractivity contribution in [2.75, 3.05) is 36.8 Å². The summed E-state index contributed by atoms with van der Waals surface area (Å²) >= 11 is 1.05. The first kappa shape index (κ1) is 24.2. The van der Waals surface area contributed by atoms with Gasteiger partial charge in [0, 0.05) is 37.8 Å². The van der Waals surface area contributed by atoms with Gasteiger partial charge in [-0.1, -0.05) is 32.0 Å². The summed E-state index contributed by atoms with van der Waals surface area (Å²) in [5.41, 5.74) is 1.82. The van der Waals surface area contributed by atoms with Crippen molar-refractivity contribution < 1.29 is 18.0 Å². The highest BCUT2D eigenvalue weighted by molar-refractivity contribution is 7.91. The Labute approximate surface area is 193 Å². The lowest BCUT2D eigenvalue weighted by molar-refractivity contribution is -0.121. The highest BCUT2D eigenvalue weighted by atomic mass is 32.2. The number of para-hydroxylation sites is 1. The zero-order chi connectivity index (χ0) is 23.3. The van der Waals surface area contributed by atoms with Gasteiger partial charge in [-0.15, -0.1) is 11.3 Å². The highest BCUT2D eigenvalue weighted by Gasteiger charge is 2.28. The second-order valence-corrected chi connectivity index (χ2v) is 11.0. The summed E-state index contributed by atoms with van der Waals surface area (Å²) in [5.74, 6) is -0.171. The zero-order valence-electron chi connectivity index (χ0n) is 18.6. The van der Waals surface area contributed by atoms with E-state index in [4.69, 9.17) is 0 Å². The Kier molecular flexibility index (Phi) is 7.91. The molecular formula is C22H30N4O4S2. The number of thiophene rings is 1. The van der Waals surface area contributed by atoms with Gasteiger partial charge in [-0.2, -0.15) is 4.31 Å². The molecule has 0 spiro atoms. The van der Waals surface area contributed by atoms with Gasteiger partial charge >= 0.3 is 6.03 Å². The van der Waals surface area contributed by atoms with Gasteiger partial charge in [-0.3, -0.25) is 10.1 Å². The molecular weight excluding hydrogens is 448 g/mol. The number of nitrogens with one attached hydrogen (secondary N) is 2. The molecule has 1 aliphatic heterocycles. The molecule has 3 amide bonds. The lowest BCUT2D eigenvalue weighted by atomic mass is 9.96. The van der Waals surface area contributed by atoms with Crippen molar-refractivity contribution in [1.29, 1.82) is 0 Å². The fourth-order valence-electron chi connectivity index (χ4n) is 3.69. The molecule has 174 valence electrons. The molecule has 1 saturated heterocycles. The number of aryl methyl sites for hydroxylation is 1. The van der Waals surface area contributed by atoms with Gasteiger partial charge in [0.05, 0.1) is 5.00 Å². The molecule has 2 aromatic rings. The minimum Gasteiger partial charge on any atom is -0.326 e. The molecule has 1 fully saturated rings. The molecule has 0 saturated carbocycles. The second kappa shape index (κ2) is 10.5. The van der Waals surface area contributed by atoms with E-state index in [0.29, 0.717) is 44.0 Å². The number of hydrogen-bond acceptors (Lipinski definition) is 5. The van der Waals surface area contributed by atoms with Crippen LogP contribution >= 0.6 is 11.3 Å². The Morgan fingerprint density at radius 3 is 2.34 bits per heavy atom. The van der Waals surface area contributed by atoms with Crippen LogP contribution in [0, 0.1) is 12.8 Å². The van der Waals surface area contributed by atoms with Crippen molar-refractivity contribution >= 4 is 44.0 Å².